The van der Waals surface area contributed by atoms with Gasteiger partial charge in [0.25, 0.3) is 5.91 Å². The molecule has 0 bridgehead atoms. The number of pyridine rings is 1. The Kier molecular flexibility index (Phi) is 5.12. The molecule has 1 fully saturated rings. The highest BCUT2D eigenvalue weighted by Crippen LogP contribution is 2.17. The summed E-state index contributed by atoms with van der Waals surface area (Å²) in [6, 6.07) is 8.51. The molecule has 25 heavy (non-hydrogen) atoms. The molecule has 4 nitrogen and oxygen atoms in total. The first-order chi connectivity index (χ1) is 12.1. The van der Waals surface area contributed by atoms with Crippen LogP contribution < -0.4 is 4.90 Å². The summed E-state index contributed by atoms with van der Waals surface area (Å²) in [6.07, 6.45) is 4.44. The van der Waals surface area contributed by atoms with Crippen molar-refractivity contribution in [2.45, 2.75) is 13.3 Å². The van der Waals surface area contributed by atoms with Crippen LogP contribution in [0.25, 0.3) is 6.08 Å². The van der Waals surface area contributed by atoms with Crippen LogP contribution in [-0.2, 0) is 0 Å². The van der Waals surface area contributed by atoms with Crippen LogP contribution in [-0.4, -0.2) is 42.0 Å². The maximum Gasteiger partial charge on any atom is 0.253 e. The zero-order valence-corrected chi connectivity index (χ0v) is 14.4. The van der Waals surface area contributed by atoms with Gasteiger partial charge < -0.3 is 9.80 Å². The maximum absolute atomic E-state index is 13.4. The average molecular weight is 339 g/mol. The molecule has 1 saturated heterocycles. The summed E-state index contributed by atoms with van der Waals surface area (Å²) in [6.45, 7) is 8.31. The standard InChI is InChI=1S/C20H22FN3O/c1-3-16-5-8-19(22-14-16)23-9-4-10-24(12-11-23)20(25)17-6-7-18(21)15(2)13-17/h3,5-8,13-14H,1,4,9-12H2,2H3. The van der Waals surface area contributed by atoms with E-state index in [1.54, 1.807) is 31.3 Å². The summed E-state index contributed by atoms with van der Waals surface area (Å²) in [5.74, 6) is 0.588. The number of rotatable bonds is 3. The number of nitrogens with zero attached hydrogens (tertiary/aromatic N) is 3. The monoisotopic (exact) mass is 339 g/mol. The van der Waals surface area contributed by atoms with Gasteiger partial charge in [-0.15, -0.1) is 0 Å². The van der Waals surface area contributed by atoms with Crippen LogP contribution in [0.5, 0.6) is 0 Å². The molecular weight excluding hydrogens is 317 g/mol. The Morgan fingerprint density at radius 2 is 2.04 bits per heavy atom. The van der Waals surface area contributed by atoms with E-state index in [4.69, 9.17) is 0 Å². The molecule has 0 spiro atoms. The highest BCUT2D eigenvalue weighted by atomic mass is 19.1. The Morgan fingerprint density at radius 3 is 2.72 bits per heavy atom. The number of hydrogen-bond acceptors (Lipinski definition) is 3. The maximum atomic E-state index is 13.4. The zero-order valence-electron chi connectivity index (χ0n) is 14.4. The molecule has 1 aromatic heterocycles. The van der Waals surface area contributed by atoms with Gasteiger partial charge in [0.05, 0.1) is 0 Å². The van der Waals surface area contributed by atoms with Crippen LogP contribution in [0.15, 0.2) is 43.1 Å². The number of benzene rings is 1. The van der Waals surface area contributed by atoms with Gasteiger partial charge in [-0.25, -0.2) is 9.37 Å². The minimum absolute atomic E-state index is 0.0417. The quantitative estimate of drug-likeness (QED) is 0.858. The topological polar surface area (TPSA) is 36.4 Å². The van der Waals surface area contributed by atoms with Crippen molar-refractivity contribution in [1.29, 1.82) is 0 Å². The third kappa shape index (κ3) is 3.87. The molecular formula is C20H22FN3O. The number of halogens is 1. The molecule has 1 aliphatic heterocycles. The van der Waals surface area contributed by atoms with Crippen molar-refractivity contribution in [2.75, 3.05) is 31.1 Å². The Labute approximate surface area is 147 Å². The first kappa shape index (κ1) is 17.1. The van der Waals surface area contributed by atoms with E-state index in [0.717, 1.165) is 30.9 Å². The number of carbonyl (C=O) groups excluding carboxylic acids is 1. The third-order valence-electron chi connectivity index (χ3n) is 4.52. The summed E-state index contributed by atoms with van der Waals surface area (Å²) in [5.41, 5.74) is 2.02. The van der Waals surface area contributed by atoms with Crippen LogP contribution in [0.4, 0.5) is 10.2 Å². The molecule has 0 aliphatic carbocycles. The number of anilines is 1. The van der Waals surface area contributed by atoms with Crippen molar-refractivity contribution < 1.29 is 9.18 Å². The molecule has 0 radical (unpaired) electrons. The zero-order chi connectivity index (χ0) is 17.8. The molecule has 0 unspecified atom stereocenters. The fourth-order valence-electron chi connectivity index (χ4n) is 3.02. The lowest BCUT2D eigenvalue weighted by Gasteiger charge is -2.23. The van der Waals surface area contributed by atoms with Crippen LogP contribution in [0.3, 0.4) is 0 Å². The van der Waals surface area contributed by atoms with Crippen LogP contribution in [0.1, 0.15) is 27.9 Å². The number of carbonyl (C=O) groups is 1. The molecule has 2 aromatic rings. The molecule has 0 N–H and O–H groups in total. The minimum Gasteiger partial charge on any atom is -0.355 e. The van der Waals surface area contributed by atoms with E-state index in [9.17, 15) is 9.18 Å². The summed E-state index contributed by atoms with van der Waals surface area (Å²) < 4.78 is 13.4. The highest BCUT2D eigenvalue weighted by Gasteiger charge is 2.21. The van der Waals surface area contributed by atoms with E-state index in [1.807, 2.05) is 17.0 Å². The summed E-state index contributed by atoms with van der Waals surface area (Å²) >= 11 is 0. The van der Waals surface area contributed by atoms with Gasteiger partial charge in [-0.2, -0.15) is 0 Å². The van der Waals surface area contributed by atoms with Gasteiger partial charge in [0, 0.05) is 37.9 Å². The van der Waals surface area contributed by atoms with Crippen LogP contribution in [0.2, 0.25) is 0 Å². The second kappa shape index (κ2) is 7.47. The Morgan fingerprint density at radius 1 is 1.20 bits per heavy atom. The van der Waals surface area contributed by atoms with Crippen molar-refractivity contribution in [3.8, 4) is 0 Å². The predicted octanol–water partition coefficient (Wildman–Crippen LogP) is 3.52. The van der Waals surface area contributed by atoms with Gasteiger partial charge in [-0.05, 0) is 54.8 Å². The third-order valence-corrected chi connectivity index (χ3v) is 4.52. The van der Waals surface area contributed by atoms with Crippen molar-refractivity contribution in [3.63, 3.8) is 0 Å². The number of amides is 1. The first-order valence-electron chi connectivity index (χ1n) is 8.47. The van der Waals surface area contributed by atoms with E-state index in [2.05, 4.69) is 16.5 Å². The SMILES string of the molecule is C=Cc1ccc(N2CCCN(C(=O)c3ccc(F)c(C)c3)CC2)nc1. The van der Waals surface area contributed by atoms with E-state index in [1.165, 1.54) is 6.07 Å². The lowest BCUT2D eigenvalue weighted by atomic mass is 10.1. The first-order valence-corrected chi connectivity index (χ1v) is 8.47. The molecule has 0 atom stereocenters. The fraction of sp³-hybridized carbons (Fsp3) is 0.300. The largest absolute Gasteiger partial charge is 0.355 e. The summed E-state index contributed by atoms with van der Waals surface area (Å²) in [7, 11) is 0. The van der Waals surface area contributed by atoms with E-state index < -0.39 is 0 Å². The van der Waals surface area contributed by atoms with E-state index >= 15 is 0 Å². The van der Waals surface area contributed by atoms with E-state index in [-0.39, 0.29) is 11.7 Å². The lowest BCUT2D eigenvalue weighted by molar-refractivity contribution is 0.0767. The van der Waals surface area contributed by atoms with Crippen molar-refractivity contribution in [2.24, 2.45) is 0 Å². The van der Waals surface area contributed by atoms with Gasteiger partial charge in [-0.1, -0.05) is 12.7 Å². The van der Waals surface area contributed by atoms with Crippen LogP contribution in [0, 0.1) is 12.7 Å². The highest BCUT2D eigenvalue weighted by molar-refractivity contribution is 5.94. The van der Waals surface area contributed by atoms with Gasteiger partial charge in [0.15, 0.2) is 0 Å². The Bertz CT molecular complexity index is 773. The molecule has 3 rings (SSSR count). The summed E-state index contributed by atoms with van der Waals surface area (Å²) in [4.78, 5) is 21.2. The molecule has 2 heterocycles. The molecule has 0 saturated carbocycles. The minimum atomic E-state index is -0.285. The molecule has 1 aliphatic rings. The molecule has 5 heteroatoms. The average Bonchev–Trinajstić information content (AvgIpc) is 2.89. The number of aryl methyl sites for hydroxylation is 1. The van der Waals surface area contributed by atoms with Crippen molar-refractivity contribution >= 4 is 17.8 Å². The normalized spacial score (nSPS) is 15.0. The molecule has 1 amide bonds. The van der Waals surface area contributed by atoms with Gasteiger partial charge in [0.1, 0.15) is 11.6 Å². The van der Waals surface area contributed by atoms with E-state index in [0.29, 0.717) is 24.2 Å². The fourth-order valence-corrected chi connectivity index (χ4v) is 3.02. The van der Waals surface area contributed by atoms with Crippen molar-refractivity contribution in [1.82, 2.24) is 9.88 Å². The summed E-state index contributed by atoms with van der Waals surface area (Å²) in [5, 5.41) is 0. The van der Waals surface area contributed by atoms with Gasteiger partial charge >= 0.3 is 0 Å². The van der Waals surface area contributed by atoms with Gasteiger partial charge in [0.2, 0.25) is 0 Å². The van der Waals surface area contributed by atoms with Crippen molar-refractivity contribution in [3.05, 3.63) is 65.6 Å². The van der Waals surface area contributed by atoms with Gasteiger partial charge in [-0.3, -0.25) is 4.79 Å². The second-order valence-corrected chi connectivity index (χ2v) is 6.25. The Balaban J connectivity index is 1.68. The molecule has 130 valence electrons. The smallest absolute Gasteiger partial charge is 0.253 e. The Hall–Kier alpha value is -2.69. The lowest BCUT2D eigenvalue weighted by Crippen LogP contribution is -2.35. The predicted molar refractivity (Wildman–Crippen MR) is 98.2 cm³/mol. The number of hydrogen-bond donors (Lipinski definition) is 0. The molecule has 1 aromatic carbocycles. The van der Waals surface area contributed by atoms with Crippen LogP contribution >= 0.6 is 0 Å². The number of aromatic nitrogens is 1. The second-order valence-electron chi connectivity index (χ2n) is 6.25.